The SMILES string of the molecule is COc1cc(C)c2c(c1)O[C@@]1(C)OC(=O)[C@H](C)[C@H]1C2. The summed E-state index contributed by atoms with van der Waals surface area (Å²) in [4.78, 5) is 11.8. The molecule has 2 aliphatic rings. The van der Waals surface area contributed by atoms with Crippen molar-refractivity contribution in [3.63, 3.8) is 0 Å². The van der Waals surface area contributed by atoms with Crippen LogP contribution in [0.25, 0.3) is 0 Å². The van der Waals surface area contributed by atoms with Gasteiger partial charge in [0.1, 0.15) is 11.5 Å². The topological polar surface area (TPSA) is 44.8 Å². The van der Waals surface area contributed by atoms with Gasteiger partial charge in [-0.2, -0.15) is 0 Å². The van der Waals surface area contributed by atoms with Gasteiger partial charge in [0, 0.05) is 13.0 Å². The minimum atomic E-state index is -0.845. The van der Waals surface area contributed by atoms with Crippen LogP contribution in [0.3, 0.4) is 0 Å². The predicted molar refractivity (Wildman–Crippen MR) is 69.2 cm³/mol. The normalized spacial score (nSPS) is 32.1. The molecule has 0 aliphatic carbocycles. The fourth-order valence-electron chi connectivity index (χ4n) is 3.11. The molecule has 102 valence electrons. The largest absolute Gasteiger partial charge is 0.497 e. The van der Waals surface area contributed by atoms with Gasteiger partial charge in [0.25, 0.3) is 5.79 Å². The van der Waals surface area contributed by atoms with E-state index in [-0.39, 0.29) is 17.8 Å². The van der Waals surface area contributed by atoms with Crippen LogP contribution >= 0.6 is 0 Å². The third-order valence-corrected chi connectivity index (χ3v) is 4.33. The Morgan fingerprint density at radius 2 is 2.11 bits per heavy atom. The number of methoxy groups -OCH3 is 1. The summed E-state index contributed by atoms with van der Waals surface area (Å²) in [6.07, 6.45) is 0.800. The van der Waals surface area contributed by atoms with E-state index in [4.69, 9.17) is 14.2 Å². The van der Waals surface area contributed by atoms with E-state index >= 15 is 0 Å². The second-order valence-corrected chi connectivity index (χ2v) is 5.56. The maximum absolute atomic E-state index is 11.8. The Hall–Kier alpha value is -1.71. The molecule has 1 aromatic rings. The molecule has 4 nitrogen and oxygen atoms in total. The number of esters is 1. The number of ether oxygens (including phenoxy) is 3. The number of carbonyl (C=O) groups is 1. The third kappa shape index (κ3) is 1.70. The fourth-order valence-corrected chi connectivity index (χ4v) is 3.11. The zero-order chi connectivity index (χ0) is 13.8. The van der Waals surface area contributed by atoms with E-state index < -0.39 is 5.79 Å². The molecule has 0 spiro atoms. The summed E-state index contributed by atoms with van der Waals surface area (Å²) in [5.41, 5.74) is 2.27. The van der Waals surface area contributed by atoms with E-state index in [0.29, 0.717) is 0 Å². The van der Waals surface area contributed by atoms with Gasteiger partial charge in [0.15, 0.2) is 0 Å². The van der Waals surface area contributed by atoms with Crippen LogP contribution in [0, 0.1) is 18.8 Å². The Morgan fingerprint density at radius 3 is 2.79 bits per heavy atom. The molecular formula is C15H18O4. The van der Waals surface area contributed by atoms with Crippen molar-refractivity contribution in [3.05, 3.63) is 23.3 Å². The van der Waals surface area contributed by atoms with Crippen LogP contribution in [0.5, 0.6) is 11.5 Å². The van der Waals surface area contributed by atoms with E-state index in [0.717, 1.165) is 29.0 Å². The van der Waals surface area contributed by atoms with E-state index in [9.17, 15) is 4.79 Å². The standard InChI is InChI=1S/C15H18O4/c1-8-5-10(17-4)6-13-11(8)7-12-9(2)14(16)19-15(12,3)18-13/h5-6,9,12H,7H2,1-4H3/t9-,12-,15+/m1/s1. The molecule has 0 bridgehead atoms. The van der Waals surface area contributed by atoms with Crippen LogP contribution < -0.4 is 9.47 Å². The van der Waals surface area contributed by atoms with Gasteiger partial charge in [-0.3, -0.25) is 4.79 Å². The van der Waals surface area contributed by atoms with Crippen LogP contribution in [-0.2, 0) is 16.0 Å². The lowest BCUT2D eigenvalue weighted by atomic mass is 9.81. The molecule has 3 atom stereocenters. The summed E-state index contributed by atoms with van der Waals surface area (Å²) < 4.78 is 16.7. The summed E-state index contributed by atoms with van der Waals surface area (Å²) in [5, 5.41) is 0. The molecule has 1 aromatic carbocycles. The number of fused-ring (bicyclic) bond motifs is 2. The number of carbonyl (C=O) groups excluding carboxylic acids is 1. The molecule has 1 saturated heterocycles. The maximum Gasteiger partial charge on any atom is 0.312 e. The highest BCUT2D eigenvalue weighted by atomic mass is 16.7. The monoisotopic (exact) mass is 262 g/mol. The summed E-state index contributed by atoms with van der Waals surface area (Å²) >= 11 is 0. The van der Waals surface area contributed by atoms with Crippen molar-refractivity contribution in [1.29, 1.82) is 0 Å². The first-order valence-electron chi connectivity index (χ1n) is 6.54. The van der Waals surface area contributed by atoms with Crippen LogP contribution in [-0.4, -0.2) is 18.9 Å². The molecule has 2 aliphatic heterocycles. The number of benzene rings is 1. The average Bonchev–Trinajstić information content (AvgIpc) is 2.57. The Labute approximate surface area is 112 Å². The number of hydrogen-bond acceptors (Lipinski definition) is 4. The van der Waals surface area contributed by atoms with Crippen molar-refractivity contribution in [2.24, 2.45) is 11.8 Å². The summed E-state index contributed by atoms with van der Waals surface area (Å²) in [6, 6.07) is 3.85. The second kappa shape index (κ2) is 3.89. The van der Waals surface area contributed by atoms with Gasteiger partial charge >= 0.3 is 5.97 Å². The molecule has 0 radical (unpaired) electrons. The lowest BCUT2D eigenvalue weighted by Gasteiger charge is -2.37. The van der Waals surface area contributed by atoms with E-state index in [1.54, 1.807) is 7.11 Å². The fraction of sp³-hybridized carbons (Fsp3) is 0.533. The molecule has 1 fully saturated rings. The van der Waals surface area contributed by atoms with Gasteiger partial charge < -0.3 is 14.2 Å². The lowest BCUT2D eigenvalue weighted by Crippen LogP contribution is -2.44. The predicted octanol–water partition coefficient (Wildman–Crippen LogP) is 2.46. The quantitative estimate of drug-likeness (QED) is 0.729. The van der Waals surface area contributed by atoms with Crippen LogP contribution in [0.2, 0.25) is 0 Å². The van der Waals surface area contributed by atoms with E-state index in [1.165, 1.54) is 0 Å². The van der Waals surface area contributed by atoms with Crippen LogP contribution in [0.4, 0.5) is 0 Å². The van der Waals surface area contributed by atoms with Gasteiger partial charge in [-0.25, -0.2) is 0 Å². The molecule has 0 aromatic heterocycles. The Kier molecular flexibility index (Phi) is 2.52. The van der Waals surface area contributed by atoms with Crippen molar-refractivity contribution >= 4 is 5.97 Å². The minimum Gasteiger partial charge on any atom is -0.497 e. The molecule has 0 unspecified atom stereocenters. The highest BCUT2D eigenvalue weighted by Gasteiger charge is 2.55. The smallest absolute Gasteiger partial charge is 0.312 e. The van der Waals surface area contributed by atoms with Crippen LogP contribution in [0.1, 0.15) is 25.0 Å². The highest BCUT2D eigenvalue weighted by Crippen LogP contribution is 2.47. The number of rotatable bonds is 1. The summed E-state index contributed by atoms with van der Waals surface area (Å²) in [7, 11) is 1.63. The molecule has 2 heterocycles. The van der Waals surface area contributed by atoms with Gasteiger partial charge in [0.05, 0.1) is 18.9 Å². The second-order valence-electron chi connectivity index (χ2n) is 5.56. The number of hydrogen-bond donors (Lipinski definition) is 0. The van der Waals surface area contributed by atoms with Crippen molar-refractivity contribution in [2.75, 3.05) is 7.11 Å². The van der Waals surface area contributed by atoms with Gasteiger partial charge in [-0.05, 0) is 30.5 Å². The molecule has 4 heteroatoms. The first-order chi connectivity index (χ1) is 8.94. The number of aryl methyl sites for hydroxylation is 1. The lowest BCUT2D eigenvalue weighted by molar-refractivity contribution is -0.184. The highest BCUT2D eigenvalue weighted by molar-refractivity contribution is 5.75. The molecule has 0 saturated carbocycles. The van der Waals surface area contributed by atoms with Crippen LogP contribution in [0.15, 0.2) is 12.1 Å². The van der Waals surface area contributed by atoms with E-state index in [1.807, 2.05) is 32.9 Å². The Balaban J connectivity index is 2.06. The summed E-state index contributed by atoms with van der Waals surface area (Å²) in [6.45, 7) is 5.79. The molecule has 0 N–H and O–H groups in total. The van der Waals surface area contributed by atoms with E-state index in [2.05, 4.69) is 0 Å². The van der Waals surface area contributed by atoms with Crippen molar-refractivity contribution in [3.8, 4) is 11.5 Å². The van der Waals surface area contributed by atoms with Gasteiger partial charge in [0.2, 0.25) is 0 Å². The summed E-state index contributed by atoms with van der Waals surface area (Å²) in [5.74, 6) is 0.444. The zero-order valence-electron chi connectivity index (χ0n) is 11.6. The first-order valence-corrected chi connectivity index (χ1v) is 6.54. The van der Waals surface area contributed by atoms with Crippen molar-refractivity contribution in [1.82, 2.24) is 0 Å². The van der Waals surface area contributed by atoms with Crippen molar-refractivity contribution < 1.29 is 19.0 Å². The third-order valence-electron chi connectivity index (χ3n) is 4.33. The molecule has 0 amide bonds. The van der Waals surface area contributed by atoms with Gasteiger partial charge in [-0.15, -0.1) is 0 Å². The Bertz CT molecular complexity index is 551. The molecule has 3 rings (SSSR count). The van der Waals surface area contributed by atoms with Crippen molar-refractivity contribution in [2.45, 2.75) is 33.0 Å². The Morgan fingerprint density at radius 1 is 1.37 bits per heavy atom. The van der Waals surface area contributed by atoms with Gasteiger partial charge in [-0.1, -0.05) is 6.92 Å². The molecular weight excluding hydrogens is 244 g/mol. The maximum atomic E-state index is 11.8. The zero-order valence-corrected chi connectivity index (χ0v) is 11.6. The average molecular weight is 262 g/mol. The first kappa shape index (κ1) is 12.3. The molecule has 19 heavy (non-hydrogen) atoms. The minimum absolute atomic E-state index is 0.0691.